The predicted molar refractivity (Wildman–Crippen MR) is 154 cm³/mol. The number of anilines is 3. The van der Waals surface area contributed by atoms with Gasteiger partial charge in [0.1, 0.15) is 11.5 Å². The number of hydrogen-bond acceptors (Lipinski definition) is 5. The fourth-order valence-corrected chi connectivity index (χ4v) is 6.67. The second-order valence-electron chi connectivity index (χ2n) is 10.8. The molecule has 5 heteroatoms. The molecule has 3 aliphatic rings. The third-order valence-corrected chi connectivity index (χ3v) is 8.53. The van der Waals surface area contributed by atoms with Crippen LogP contribution in [0.15, 0.2) is 84.9 Å². The van der Waals surface area contributed by atoms with Crippen molar-refractivity contribution in [1.82, 2.24) is 0 Å². The summed E-state index contributed by atoms with van der Waals surface area (Å²) in [4.78, 5) is 15.8. The molecule has 196 valence electrons. The van der Waals surface area contributed by atoms with Crippen LogP contribution in [-0.2, 0) is 10.3 Å². The molecule has 1 N–H and O–H groups in total. The summed E-state index contributed by atoms with van der Waals surface area (Å²) in [7, 11) is 0. The number of hydrogen-bond donors (Lipinski definition) is 1. The minimum atomic E-state index is -1.08. The highest BCUT2D eigenvalue weighted by atomic mass is 16.6. The van der Waals surface area contributed by atoms with Gasteiger partial charge in [-0.05, 0) is 74.7 Å². The average Bonchev–Trinajstić information content (AvgIpc) is 3.58. The topological polar surface area (TPSA) is 50.8 Å². The van der Waals surface area contributed by atoms with E-state index in [0.29, 0.717) is 17.4 Å². The lowest BCUT2D eigenvalue weighted by Gasteiger charge is -2.38. The largest absolute Gasteiger partial charge is 0.456 e. The van der Waals surface area contributed by atoms with E-state index in [1.54, 1.807) is 0 Å². The second-order valence-corrected chi connectivity index (χ2v) is 10.8. The number of carbonyl (C=O) groups excluding carboxylic acids is 1. The fourth-order valence-electron chi connectivity index (χ4n) is 6.67. The van der Waals surface area contributed by atoms with E-state index in [1.165, 1.54) is 25.7 Å². The van der Waals surface area contributed by atoms with Gasteiger partial charge in [0, 0.05) is 52.4 Å². The summed E-state index contributed by atoms with van der Waals surface area (Å²) in [5, 5.41) is 3.55. The standard InChI is InChI=1S/C34H32N2O3/c1-3-36(24-13-7-8-14-24)25-17-18-28-32(20-25)38-31-19-22(2)30(35-23-11-5-4-6-12-23)21-29(31)34(28)27-16-10-9-15-26(27)33(37)39-34/h4-6,9-12,15-21,24,35H,3,7-8,13-14H2,1-2H3. The number of rotatable bonds is 5. The minimum Gasteiger partial charge on any atom is -0.456 e. The number of benzene rings is 4. The summed E-state index contributed by atoms with van der Waals surface area (Å²) in [6.07, 6.45) is 5.01. The van der Waals surface area contributed by atoms with Gasteiger partial charge >= 0.3 is 5.97 Å². The van der Waals surface area contributed by atoms with Crippen molar-refractivity contribution < 1.29 is 14.3 Å². The molecule has 0 amide bonds. The van der Waals surface area contributed by atoms with Gasteiger partial charge < -0.3 is 19.7 Å². The molecule has 0 saturated heterocycles. The van der Waals surface area contributed by atoms with Crippen LogP contribution in [0.3, 0.4) is 0 Å². The zero-order chi connectivity index (χ0) is 26.6. The van der Waals surface area contributed by atoms with Crippen LogP contribution in [0.5, 0.6) is 11.5 Å². The van der Waals surface area contributed by atoms with Crippen LogP contribution in [0.25, 0.3) is 0 Å². The highest BCUT2D eigenvalue weighted by Gasteiger charge is 2.53. The molecule has 7 rings (SSSR count). The number of aryl methyl sites for hydroxylation is 1. The molecule has 2 aliphatic heterocycles. The third-order valence-electron chi connectivity index (χ3n) is 8.53. The van der Waals surface area contributed by atoms with E-state index in [4.69, 9.17) is 9.47 Å². The lowest BCUT2D eigenvalue weighted by molar-refractivity contribution is 0.0224. The summed E-state index contributed by atoms with van der Waals surface area (Å²) in [5.41, 5.74) is 6.19. The van der Waals surface area contributed by atoms with Crippen molar-refractivity contribution in [3.63, 3.8) is 0 Å². The van der Waals surface area contributed by atoms with Crippen LogP contribution in [0.1, 0.15) is 65.2 Å². The Bertz CT molecular complexity index is 1580. The number of carbonyl (C=O) groups is 1. The zero-order valence-corrected chi connectivity index (χ0v) is 22.4. The Labute approximate surface area is 229 Å². The molecule has 4 aromatic carbocycles. The lowest BCUT2D eigenvalue weighted by Crippen LogP contribution is -2.35. The van der Waals surface area contributed by atoms with Crippen LogP contribution in [0.2, 0.25) is 0 Å². The molecule has 1 unspecified atom stereocenters. The van der Waals surface area contributed by atoms with E-state index in [1.807, 2.05) is 54.6 Å². The normalized spacial score (nSPS) is 19.2. The first-order valence-electron chi connectivity index (χ1n) is 14.0. The third kappa shape index (κ3) is 3.71. The van der Waals surface area contributed by atoms with Crippen molar-refractivity contribution in [2.45, 2.75) is 51.2 Å². The van der Waals surface area contributed by atoms with Gasteiger partial charge in [0.25, 0.3) is 0 Å². The second kappa shape index (κ2) is 9.19. The minimum absolute atomic E-state index is 0.312. The molecule has 0 radical (unpaired) electrons. The molecule has 1 fully saturated rings. The van der Waals surface area contributed by atoms with E-state index in [9.17, 15) is 4.79 Å². The van der Waals surface area contributed by atoms with Crippen molar-refractivity contribution >= 4 is 23.0 Å². The Kier molecular flexibility index (Phi) is 5.62. The highest BCUT2D eigenvalue weighted by molar-refractivity contribution is 5.97. The number of nitrogens with zero attached hydrogens (tertiary/aromatic N) is 1. The lowest BCUT2D eigenvalue weighted by atomic mass is 9.77. The van der Waals surface area contributed by atoms with Gasteiger partial charge in [-0.15, -0.1) is 0 Å². The molecule has 4 aromatic rings. The molecule has 1 atom stereocenters. The number of esters is 1. The quantitative estimate of drug-likeness (QED) is 0.272. The monoisotopic (exact) mass is 516 g/mol. The zero-order valence-electron chi connectivity index (χ0n) is 22.4. The Morgan fingerprint density at radius 2 is 1.62 bits per heavy atom. The Morgan fingerprint density at radius 3 is 2.41 bits per heavy atom. The first-order chi connectivity index (χ1) is 19.1. The van der Waals surface area contributed by atoms with Crippen LogP contribution in [0.4, 0.5) is 17.1 Å². The molecular formula is C34H32N2O3. The number of para-hydroxylation sites is 1. The molecule has 0 aromatic heterocycles. The molecule has 5 nitrogen and oxygen atoms in total. The van der Waals surface area contributed by atoms with Crippen molar-refractivity contribution in [2.24, 2.45) is 0 Å². The maximum absolute atomic E-state index is 13.3. The van der Waals surface area contributed by atoms with Gasteiger partial charge in [0.15, 0.2) is 5.60 Å². The Hall–Kier alpha value is -4.25. The van der Waals surface area contributed by atoms with Gasteiger partial charge in [0.2, 0.25) is 0 Å². The molecule has 0 bridgehead atoms. The van der Waals surface area contributed by atoms with E-state index in [0.717, 1.165) is 51.6 Å². The van der Waals surface area contributed by atoms with Gasteiger partial charge in [-0.25, -0.2) is 4.79 Å². The first kappa shape index (κ1) is 23.8. The molecule has 2 heterocycles. The van der Waals surface area contributed by atoms with Crippen LogP contribution >= 0.6 is 0 Å². The summed E-state index contributed by atoms with van der Waals surface area (Å²) in [6, 6.07) is 28.9. The highest BCUT2D eigenvalue weighted by Crippen LogP contribution is 2.57. The number of nitrogens with one attached hydrogen (secondary N) is 1. The molecule has 1 spiro atoms. The first-order valence-corrected chi connectivity index (χ1v) is 14.0. The molecule has 1 saturated carbocycles. The van der Waals surface area contributed by atoms with Crippen LogP contribution < -0.4 is 15.0 Å². The Morgan fingerprint density at radius 1 is 0.872 bits per heavy atom. The fraction of sp³-hybridized carbons (Fsp3) is 0.265. The smallest absolute Gasteiger partial charge is 0.340 e. The average molecular weight is 517 g/mol. The SMILES string of the molecule is CCN(c1ccc2c(c1)Oc1cc(C)c(Nc3ccccc3)cc1C21OC(=O)c2ccccc21)C1CCCC1. The van der Waals surface area contributed by atoms with Crippen LogP contribution in [0, 0.1) is 6.92 Å². The maximum atomic E-state index is 13.3. The number of fused-ring (bicyclic) bond motifs is 6. The van der Waals surface area contributed by atoms with Gasteiger partial charge in [-0.1, -0.05) is 49.2 Å². The van der Waals surface area contributed by atoms with Crippen LogP contribution in [-0.4, -0.2) is 18.6 Å². The van der Waals surface area contributed by atoms with Crippen molar-refractivity contribution in [3.8, 4) is 11.5 Å². The van der Waals surface area contributed by atoms with Crippen molar-refractivity contribution in [1.29, 1.82) is 0 Å². The van der Waals surface area contributed by atoms with E-state index in [2.05, 4.69) is 54.4 Å². The van der Waals surface area contributed by atoms with Gasteiger partial charge in [0.05, 0.1) is 5.56 Å². The van der Waals surface area contributed by atoms with Gasteiger partial charge in [-0.2, -0.15) is 0 Å². The molecule has 1 aliphatic carbocycles. The van der Waals surface area contributed by atoms with Crippen molar-refractivity contribution in [3.05, 3.63) is 113 Å². The summed E-state index contributed by atoms with van der Waals surface area (Å²) in [6.45, 7) is 5.23. The van der Waals surface area contributed by atoms with E-state index < -0.39 is 5.60 Å². The summed E-state index contributed by atoms with van der Waals surface area (Å²) in [5.74, 6) is 1.14. The van der Waals surface area contributed by atoms with E-state index >= 15 is 0 Å². The predicted octanol–water partition coefficient (Wildman–Crippen LogP) is 8.08. The summed E-state index contributed by atoms with van der Waals surface area (Å²) < 4.78 is 13.1. The van der Waals surface area contributed by atoms with Crippen molar-refractivity contribution in [2.75, 3.05) is 16.8 Å². The number of ether oxygens (including phenoxy) is 2. The molecular weight excluding hydrogens is 484 g/mol. The Balaban J connectivity index is 1.41. The maximum Gasteiger partial charge on any atom is 0.340 e. The molecule has 39 heavy (non-hydrogen) atoms. The van der Waals surface area contributed by atoms with Gasteiger partial charge in [-0.3, -0.25) is 0 Å². The summed E-state index contributed by atoms with van der Waals surface area (Å²) >= 11 is 0. The van der Waals surface area contributed by atoms with E-state index in [-0.39, 0.29) is 5.97 Å².